The first-order valence-electron chi connectivity index (χ1n) is 4.55. The summed E-state index contributed by atoms with van der Waals surface area (Å²) in [7, 11) is 0. The van der Waals surface area contributed by atoms with Crippen molar-refractivity contribution >= 4 is 11.6 Å². The number of nitrogens with one attached hydrogen (secondary N) is 1. The van der Waals surface area contributed by atoms with Crippen LogP contribution in [0.3, 0.4) is 0 Å². The van der Waals surface area contributed by atoms with E-state index in [-0.39, 0.29) is 5.96 Å². The first-order chi connectivity index (χ1) is 6.65. The average Bonchev–Trinajstić information content (AvgIpc) is 2.18. The Bertz CT molecular complexity index is 331. The van der Waals surface area contributed by atoms with Crippen LogP contribution in [-0.4, -0.2) is 5.96 Å². The summed E-state index contributed by atoms with van der Waals surface area (Å²) in [6.45, 7) is 4.22. The molecule has 0 radical (unpaired) electrons. The second kappa shape index (κ2) is 4.62. The highest BCUT2D eigenvalue weighted by molar-refractivity contribution is 5.80. The van der Waals surface area contributed by atoms with Gasteiger partial charge in [-0.2, -0.15) is 0 Å². The molecular weight excluding hydrogens is 176 g/mol. The van der Waals surface area contributed by atoms with E-state index in [2.05, 4.69) is 24.3 Å². The Hall–Kier alpha value is -1.55. The number of hydrazine groups is 1. The maximum atomic E-state index is 5.49. The van der Waals surface area contributed by atoms with Crippen molar-refractivity contribution in [2.24, 2.45) is 16.6 Å². The van der Waals surface area contributed by atoms with Crippen LogP contribution < -0.4 is 17.0 Å². The van der Waals surface area contributed by atoms with E-state index in [0.717, 1.165) is 11.3 Å². The van der Waals surface area contributed by atoms with Crippen molar-refractivity contribution in [3.8, 4) is 0 Å². The lowest BCUT2D eigenvalue weighted by atomic mass is 10.0. The Morgan fingerprint density at radius 3 is 2.57 bits per heavy atom. The average molecular weight is 192 g/mol. The van der Waals surface area contributed by atoms with Crippen molar-refractivity contribution in [2.75, 3.05) is 0 Å². The summed E-state index contributed by atoms with van der Waals surface area (Å²) in [6.07, 6.45) is 0. The first kappa shape index (κ1) is 10.5. The SMILES string of the molecule is CC(C)c1ccccc1N=C(N)NN. The highest BCUT2D eigenvalue weighted by Crippen LogP contribution is 2.25. The molecule has 0 aliphatic carbocycles. The molecule has 0 bridgehead atoms. The highest BCUT2D eigenvalue weighted by Gasteiger charge is 2.04. The zero-order valence-corrected chi connectivity index (χ0v) is 8.49. The van der Waals surface area contributed by atoms with E-state index in [4.69, 9.17) is 11.6 Å². The Morgan fingerprint density at radius 2 is 2.00 bits per heavy atom. The summed E-state index contributed by atoms with van der Waals surface area (Å²) in [5, 5.41) is 0. The molecule has 0 heterocycles. The van der Waals surface area contributed by atoms with Gasteiger partial charge in [0.05, 0.1) is 5.69 Å². The minimum atomic E-state index is 0.220. The van der Waals surface area contributed by atoms with Gasteiger partial charge in [0.15, 0.2) is 0 Å². The summed E-state index contributed by atoms with van der Waals surface area (Å²) >= 11 is 0. The molecule has 0 aliphatic rings. The van der Waals surface area contributed by atoms with Gasteiger partial charge in [-0.05, 0) is 17.5 Å². The van der Waals surface area contributed by atoms with Crippen LogP contribution in [0.1, 0.15) is 25.3 Å². The quantitative estimate of drug-likeness (QED) is 0.285. The number of guanidine groups is 1. The fraction of sp³-hybridized carbons (Fsp3) is 0.300. The van der Waals surface area contributed by atoms with Gasteiger partial charge in [0, 0.05) is 0 Å². The number of benzene rings is 1. The smallest absolute Gasteiger partial charge is 0.208 e. The van der Waals surface area contributed by atoms with Crippen molar-refractivity contribution in [2.45, 2.75) is 19.8 Å². The molecule has 14 heavy (non-hydrogen) atoms. The summed E-state index contributed by atoms with van der Waals surface area (Å²) < 4.78 is 0. The van der Waals surface area contributed by atoms with Crippen LogP contribution in [0, 0.1) is 0 Å². The zero-order valence-electron chi connectivity index (χ0n) is 8.49. The molecule has 1 rings (SSSR count). The molecule has 4 heteroatoms. The summed E-state index contributed by atoms with van der Waals surface area (Å²) in [4.78, 5) is 4.16. The van der Waals surface area contributed by atoms with Crippen LogP contribution in [0.25, 0.3) is 0 Å². The van der Waals surface area contributed by atoms with Crippen LogP contribution in [0.5, 0.6) is 0 Å². The van der Waals surface area contributed by atoms with Crippen LogP contribution in [-0.2, 0) is 0 Å². The van der Waals surface area contributed by atoms with E-state index in [0.29, 0.717) is 5.92 Å². The number of hydrogen-bond acceptors (Lipinski definition) is 2. The molecule has 0 saturated heterocycles. The normalized spacial score (nSPS) is 11.9. The molecule has 0 unspecified atom stereocenters. The van der Waals surface area contributed by atoms with Gasteiger partial charge in [-0.1, -0.05) is 32.0 Å². The highest BCUT2D eigenvalue weighted by atomic mass is 15.3. The molecule has 1 aromatic rings. The van der Waals surface area contributed by atoms with Crippen LogP contribution >= 0.6 is 0 Å². The molecule has 76 valence electrons. The Kier molecular flexibility index (Phi) is 3.48. The molecule has 0 amide bonds. The minimum Gasteiger partial charge on any atom is -0.369 e. The van der Waals surface area contributed by atoms with Crippen molar-refractivity contribution in [3.63, 3.8) is 0 Å². The van der Waals surface area contributed by atoms with Gasteiger partial charge in [0.2, 0.25) is 5.96 Å². The van der Waals surface area contributed by atoms with E-state index in [1.165, 1.54) is 0 Å². The van der Waals surface area contributed by atoms with E-state index in [1.807, 2.05) is 24.3 Å². The monoisotopic (exact) mass is 192 g/mol. The van der Waals surface area contributed by atoms with E-state index >= 15 is 0 Å². The third-order valence-electron chi connectivity index (χ3n) is 1.95. The van der Waals surface area contributed by atoms with Gasteiger partial charge in [-0.3, -0.25) is 5.43 Å². The zero-order chi connectivity index (χ0) is 10.6. The Balaban J connectivity index is 3.07. The number of nitrogens with zero attached hydrogens (tertiary/aromatic N) is 1. The van der Waals surface area contributed by atoms with Crippen molar-refractivity contribution in [1.29, 1.82) is 0 Å². The maximum Gasteiger partial charge on any atom is 0.208 e. The first-order valence-corrected chi connectivity index (χ1v) is 4.55. The largest absolute Gasteiger partial charge is 0.369 e. The van der Waals surface area contributed by atoms with Gasteiger partial charge in [-0.15, -0.1) is 0 Å². The van der Waals surface area contributed by atoms with Gasteiger partial charge in [-0.25, -0.2) is 10.8 Å². The number of aliphatic imine (C=N–C) groups is 1. The van der Waals surface area contributed by atoms with Crippen LogP contribution in [0.4, 0.5) is 5.69 Å². The molecule has 0 aromatic heterocycles. The number of nitrogens with two attached hydrogens (primary N) is 2. The van der Waals surface area contributed by atoms with Gasteiger partial charge < -0.3 is 5.73 Å². The molecule has 0 aliphatic heterocycles. The number of para-hydroxylation sites is 1. The molecule has 0 fully saturated rings. The second-order valence-electron chi connectivity index (χ2n) is 3.35. The summed E-state index contributed by atoms with van der Waals surface area (Å²) in [5.41, 5.74) is 9.81. The third-order valence-corrected chi connectivity index (χ3v) is 1.95. The molecule has 4 nitrogen and oxygen atoms in total. The number of hydrogen-bond donors (Lipinski definition) is 3. The van der Waals surface area contributed by atoms with Crippen molar-refractivity contribution in [3.05, 3.63) is 29.8 Å². The Labute approximate surface area is 84.0 Å². The van der Waals surface area contributed by atoms with Crippen LogP contribution in [0.2, 0.25) is 0 Å². The number of rotatable bonds is 2. The lowest BCUT2D eigenvalue weighted by molar-refractivity contribution is 0.866. The lowest BCUT2D eigenvalue weighted by Gasteiger charge is -2.09. The fourth-order valence-electron chi connectivity index (χ4n) is 1.24. The van der Waals surface area contributed by atoms with E-state index in [9.17, 15) is 0 Å². The summed E-state index contributed by atoms with van der Waals surface area (Å²) in [6, 6.07) is 7.86. The standard InChI is InChI=1S/C10H16N4/c1-7(2)8-5-3-4-6-9(8)13-10(11)14-12/h3-7H,12H2,1-2H3,(H3,11,13,14). The molecule has 1 aromatic carbocycles. The van der Waals surface area contributed by atoms with Crippen molar-refractivity contribution in [1.82, 2.24) is 5.43 Å². The molecular formula is C10H16N4. The molecule has 0 atom stereocenters. The second-order valence-corrected chi connectivity index (χ2v) is 3.35. The molecule has 0 spiro atoms. The minimum absolute atomic E-state index is 0.220. The molecule has 0 saturated carbocycles. The Morgan fingerprint density at radius 1 is 1.36 bits per heavy atom. The van der Waals surface area contributed by atoms with E-state index in [1.54, 1.807) is 0 Å². The topological polar surface area (TPSA) is 76.4 Å². The van der Waals surface area contributed by atoms with Crippen molar-refractivity contribution < 1.29 is 0 Å². The van der Waals surface area contributed by atoms with Crippen LogP contribution in [0.15, 0.2) is 29.3 Å². The fourth-order valence-corrected chi connectivity index (χ4v) is 1.24. The third kappa shape index (κ3) is 2.47. The van der Waals surface area contributed by atoms with Gasteiger partial charge >= 0.3 is 0 Å². The predicted molar refractivity (Wildman–Crippen MR) is 59.1 cm³/mol. The van der Waals surface area contributed by atoms with Gasteiger partial charge in [0.1, 0.15) is 0 Å². The van der Waals surface area contributed by atoms with E-state index < -0.39 is 0 Å². The van der Waals surface area contributed by atoms with Gasteiger partial charge in [0.25, 0.3) is 0 Å². The molecule has 5 N–H and O–H groups in total. The lowest BCUT2D eigenvalue weighted by Crippen LogP contribution is -2.36. The predicted octanol–water partition coefficient (Wildman–Crippen LogP) is 1.22. The summed E-state index contributed by atoms with van der Waals surface area (Å²) in [5.74, 6) is 5.78. The maximum absolute atomic E-state index is 5.49.